The number of ether oxygens (including phenoxy) is 2. The van der Waals surface area contributed by atoms with Crippen molar-refractivity contribution in [2.75, 3.05) is 31.7 Å². The van der Waals surface area contributed by atoms with Gasteiger partial charge in [0, 0.05) is 42.4 Å². The number of hydrogen-bond donors (Lipinski definition) is 2. The highest BCUT2D eigenvalue weighted by Gasteiger charge is 2.21. The second kappa shape index (κ2) is 9.77. The summed E-state index contributed by atoms with van der Waals surface area (Å²) in [5, 5.41) is 18.4. The van der Waals surface area contributed by atoms with Crippen molar-refractivity contribution in [2.45, 2.75) is 19.4 Å². The lowest BCUT2D eigenvalue weighted by Gasteiger charge is -2.08. The second-order valence-corrected chi connectivity index (χ2v) is 7.60. The zero-order valence-electron chi connectivity index (χ0n) is 16.6. The van der Waals surface area contributed by atoms with Gasteiger partial charge < -0.3 is 19.9 Å². The van der Waals surface area contributed by atoms with Gasteiger partial charge >= 0.3 is 0 Å². The van der Waals surface area contributed by atoms with Crippen molar-refractivity contribution >= 4 is 28.7 Å². The number of hydrogen-bond acceptors (Lipinski definition) is 9. The molecule has 0 saturated heterocycles. The van der Waals surface area contributed by atoms with E-state index < -0.39 is 5.91 Å². The Morgan fingerprint density at radius 1 is 1.26 bits per heavy atom. The summed E-state index contributed by atoms with van der Waals surface area (Å²) < 4.78 is 12.6. The molecule has 4 bridgehead atoms. The molecule has 1 amide bonds. The van der Waals surface area contributed by atoms with Crippen LogP contribution < -0.4 is 10.1 Å². The van der Waals surface area contributed by atoms with Crippen molar-refractivity contribution < 1.29 is 24.2 Å². The van der Waals surface area contributed by atoms with Crippen LogP contribution in [0.15, 0.2) is 29.9 Å². The fraction of sp³-hybridized carbons (Fsp3) is 0.350. The van der Waals surface area contributed by atoms with E-state index in [1.807, 2.05) is 0 Å². The molecule has 4 rings (SSSR count). The number of rotatable bonds is 2. The van der Waals surface area contributed by atoms with Gasteiger partial charge in [-0.25, -0.2) is 9.97 Å². The summed E-state index contributed by atoms with van der Waals surface area (Å²) in [6.45, 7) is 1.16. The van der Waals surface area contributed by atoms with Crippen LogP contribution in [-0.2, 0) is 11.3 Å². The van der Waals surface area contributed by atoms with E-state index in [0.717, 1.165) is 5.56 Å². The third-order valence-electron chi connectivity index (χ3n) is 4.49. The van der Waals surface area contributed by atoms with Crippen LogP contribution in [0.2, 0.25) is 0 Å². The topological polar surface area (TPSA) is 128 Å². The number of amides is 1. The molecule has 11 heteroatoms. The van der Waals surface area contributed by atoms with E-state index in [1.165, 1.54) is 22.2 Å². The summed E-state index contributed by atoms with van der Waals surface area (Å²) in [7, 11) is 0. The highest BCUT2D eigenvalue weighted by atomic mass is 32.1. The molecule has 0 radical (unpaired) electrons. The standard InChI is InChI=1S/C20H21N5O5S/c26-6-5-25-11-14-18(24-25)16(27)2-1-7-29-8-9-30-17-10-13(3-4-21-17)20-23-15(12-31-20)19(28)22-14/h3-4,10-12,26H,1-2,5-9H2,(H,22,28). The van der Waals surface area contributed by atoms with Crippen LogP contribution in [0.3, 0.4) is 0 Å². The van der Waals surface area contributed by atoms with Crippen LogP contribution >= 0.6 is 11.3 Å². The zero-order valence-corrected chi connectivity index (χ0v) is 17.4. The molecule has 0 aromatic carbocycles. The Balaban J connectivity index is 1.64. The van der Waals surface area contributed by atoms with Gasteiger partial charge in [-0.15, -0.1) is 11.3 Å². The predicted molar refractivity (Wildman–Crippen MR) is 112 cm³/mol. The molecule has 162 valence electrons. The second-order valence-electron chi connectivity index (χ2n) is 6.74. The van der Waals surface area contributed by atoms with Crippen molar-refractivity contribution in [3.63, 3.8) is 0 Å². The van der Waals surface area contributed by atoms with Gasteiger partial charge in [0.25, 0.3) is 5.91 Å². The Labute approximate surface area is 181 Å². The molecule has 0 saturated carbocycles. The summed E-state index contributed by atoms with van der Waals surface area (Å²) in [4.78, 5) is 34.0. The third kappa shape index (κ3) is 5.13. The van der Waals surface area contributed by atoms with E-state index in [1.54, 1.807) is 23.7 Å². The number of Topliss-reactive ketones (excluding diaryl/α,β-unsaturated/α-hetero) is 1. The van der Waals surface area contributed by atoms with E-state index in [9.17, 15) is 14.7 Å². The lowest BCUT2D eigenvalue weighted by atomic mass is 10.1. The Hall–Kier alpha value is -3.15. The zero-order chi connectivity index (χ0) is 21.6. The number of pyridine rings is 1. The first-order valence-electron chi connectivity index (χ1n) is 9.79. The number of carbonyl (C=O) groups is 2. The van der Waals surface area contributed by atoms with Crippen LogP contribution in [-0.4, -0.2) is 63.0 Å². The molecular weight excluding hydrogens is 422 g/mol. The molecular formula is C20H21N5O5S. The van der Waals surface area contributed by atoms with Crippen molar-refractivity contribution in [3.05, 3.63) is 41.3 Å². The quantitative estimate of drug-likeness (QED) is 0.616. The van der Waals surface area contributed by atoms with Crippen LogP contribution in [0, 0.1) is 0 Å². The molecule has 10 nitrogen and oxygen atoms in total. The number of nitrogens with one attached hydrogen (secondary N) is 1. The summed E-state index contributed by atoms with van der Waals surface area (Å²) in [5.41, 5.74) is 1.45. The molecule has 0 spiro atoms. The van der Waals surface area contributed by atoms with Gasteiger partial charge in [0.1, 0.15) is 17.3 Å². The summed E-state index contributed by atoms with van der Waals surface area (Å²) in [6.07, 6.45) is 3.88. The first kappa shape index (κ1) is 21.1. The minimum Gasteiger partial charge on any atom is -0.475 e. The summed E-state index contributed by atoms with van der Waals surface area (Å²) in [5.74, 6) is -0.222. The van der Waals surface area contributed by atoms with Crippen molar-refractivity contribution in [2.24, 2.45) is 0 Å². The molecule has 0 atom stereocenters. The molecule has 4 heterocycles. The molecule has 2 N–H and O–H groups in total. The predicted octanol–water partition coefficient (Wildman–Crippen LogP) is 2.02. The molecule has 1 aliphatic rings. The average Bonchev–Trinajstić information content (AvgIpc) is 3.40. The normalized spacial score (nSPS) is 15.4. The number of ketones is 1. The molecule has 1 aliphatic heterocycles. The SMILES string of the molecule is O=C1Nc2cn(CCO)nc2C(=O)CCCOCCOc2cc(ccn2)-c2nc1cs2. The van der Waals surface area contributed by atoms with Crippen molar-refractivity contribution in [1.29, 1.82) is 0 Å². The van der Waals surface area contributed by atoms with Gasteiger partial charge in [0.05, 0.1) is 25.4 Å². The van der Waals surface area contributed by atoms with Crippen molar-refractivity contribution in [3.8, 4) is 16.5 Å². The number of thiazole rings is 1. The van der Waals surface area contributed by atoms with Crippen LogP contribution in [0.25, 0.3) is 10.6 Å². The number of anilines is 1. The maximum atomic E-state index is 12.8. The Kier molecular flexibility index (Phi) is 6.65. The number of aliphatic hydroxyl groups excluding tert-OH is 1. The highest BCUT2D eigenvalue weighted by Crippen LogP contribution is 2.26. The number of fused-ring (bicyclic) bond motifs is 6. The van der Waals surface area contributed by atoms with Gasteiger partial charge in [-0.2, -0.15) is 5.10 Å². The van der Waals surface area contributed by atoms with Gasteiger partial charge in [0.2, 0.25) is 5.88 Å². The molecule has 0 aliphatic carbocycles. The first-order chi connectivity index (χ1) is 15.1. The van der Waals surface area contributed by atoms with Crippen LogP contribution in [0.1, 0.15) is 33.8 Å². The number of carbonyl (C=O) groups excluding carboxylic acids is 2. The Morgan fingerprint density at radius 2 is 2.16 bits per heavy atom. The summed E-state index contributed by atoms with van der Waals surface area (Å²) in [6, 6.07) is 3.55. The van der Waals surface area contributed by atoms with Gasteiger partial charge in [-0.3, -0.25) is 14.3 Å². The lowest BCUT2D eigenvalue weighted by molar-refractivity contribution is 0.0861. The van der Waals surface area contributed by atoms with Crippen molar-refractivity contribution in [1.82, 2.24) is 19.7 Å². The fourth-order valence-electron chi connectivity index (χ4n) is 3.01. The van der Waals surface area contributed by atoms with E-state index >= 15 is 0 Å². The minimum atomic E-state index is -0.449. The maximum Gasteiger partial charge on any atom is 0.275 e. The van der Waals surface area contributed by atoms with E-state index in [-0.39, 0.29) is 36.7 Å². The fourth-order valence-corrected chi connectivity index (χ4v) is 3.81. The minimum absolute atomic E-state index is 0.137. The third-order valence-corrected chi connectivity index (χ3v) is 5.38. The maximum absolute atomic E-state index is 12.8. The van der Waals surface area contributed by atoms with Gasteiger partial charge in [-0.05, 0) is 12.5 Å². The first-order valence-corrected chi connectivity index (χ1v) is 10.7. The summed E-state index contributed by atoms with van der Waals surface area (Å²) >= 11 is 1.32. The molecule has 0 fully saturated rings. The number of nitrogens with zero attached hydrogens (tertiary/aromatic N) is 4. The smallest absolute Gasteiger partial charge is 0.275 e. The van der Waals surface area contributed by atoms with Gasteiger partial charge in [-0.1, -0.05) is 0 Å². The van der Waals surface area contributed by atoms with E-state index in [2.05, 4.69) is 20.4 Å². The van der Waals surface area contributed by atoms with E-state index in [0.29, 0.717) is 42.8 Å². The molecule has 3 aromatic rings. The molecule has 0 unspecified atom stereocenters. The number of aliphatic hydroxyl groups is 1. The largest absolute Gasteiger partial charge is 0.475 e. The van der Waals surface area contributed by atoms with Gasteiger partial charge in [0.15, 0.2) is 11.5 Å². The molecule has 3 aromatic heterocycles. The number of aromatic nitrogens is 4. The van der Waals surface area contributed by atoms with Crippen LogP contribution in [0.4, 0.5) is 5.69 Å². The van der Waals surface area contributed by atoms with Crippen LogP contribution in [0.5, 0.6) is 5.88 Å². The van der Waals surface area contributed by atoms with E-state index in [4.69, 9.17) is 9.47 Å². The highest BCUT2D eigenvalue weighted by molar-refractivity contribution is 7.13. The lowest BCUT2D eigenvalue weighted by Crippen LogP contribution is -2.15. The Morgan fingerprint density at radius 3 is 3.03 bits per heavy atom. The monoisotopic (exact) mass is 443 g/mol. The Bertz CT molecular complexity index is 1080. The average molecular weight is 443 g/mol. The molecule has 31 heavy (non-hydrogen) atoms.